The van der Waals surface area contributed by atoms with E-state index in [9.17, 15) is 0 Å². The van der Waals surface area contributed by atoms with Crippen molar-refractivity contribution in [1.29, 1.82) is 0 Å². The van der Waals surface area contributed by atoms with E-state index in [-0.39, 0.29) is 0 Å². The van der Waals surface area contributed by atoms with E-state index in [1.54, 1.807) is 0 Å². The van der Waals surface area contributed by atoms with Crippen LogP contribution in [0.15, 0.2) is 24.8 Å². The van der Waals surface area contributed by atoms with Gasteiger partial charge in [-0.25, -0.2) is 4.98 Å². The Morgan fingerprint density at radius 1 is 1.18 bits per heavy atom. The van der Waals surface area contributed by atoms with Crippen LogP contribution in [0.2, 0.25) is 5.28 Å². The molecule has 0 bridgehead atoms. The van der Waals surface area contributed by atoms with Gasteiger partial charge in [-0.2, -0.15) is 4.98 Å². The standard InChI is InChI=1S/C17H17ClN4/c1-2-11-6-7-13-12(10-11)14-15(19-13)16(21-17(18)20-14)22-8-4-3-5-9-22/h2,6-7,10,19H,1,3-5,8-9H2. The first kappa shape index (κ1) is 13.6. The zero-order valence-corrected chi connectivity index (χ0v) is 13.0. The van der Waals surface area contributed by atoms with Crippen LogP contribution in [0.3, 0.4) is 0 Å². The van der Waals surface area contributed by atoms with Crippen molar-refractivity contribution in [3.8, 4) is 0 Å². The van der Waals surface area contributed by atoms with Crippen molar-refractivity contribution >= 4 is 45.4 Å². The number of nitrogens with zero attached hydrogens (tertiary/aromatic N) is 3. The number of fused-ring (bicyclic) bond motifs is 3. The van der Waals surface area contributed by atoms with Gasteiger partial charge in [0.1, 0.15) is 11.0 Å². The predicted octanol–water partition coefficient (Wildman–Crippen LogP) is 4.40. The summed E-state index contributed by atoms with van der Waals surface area (Å²) in [6, 6.07) is 6.19. The van der Waals surface area contributed by atoms with Crippen LogP contribution < -0.4 is 4.90 Å². The van der Waals surface area contributed by atoms with Gasteiger partial charge >= 0.3 is 0 Å². The van der Waals surface area contributed by atoms with E-state index in [0.717, 1.165) is 46.4 Å². The third-order valence-electron chi connectivity index (χ3n) is 4.31. The molecule has 0 saturated carbocycles. The summed E-state index contributed by atoms with van der Waals surface area (Å²) in [6.07, 6.45) is 5.52. The Balaban J connectivity index is 1.98. The van der Waals surface area contributed by atoms with Gasteiger partial charge in [0.25, 0.3) is 0 Å². The Morgan fingerprint density at radius 2 is 2.00 bits per heavy atom. The number of piperidine rings is 1. The molecule has 3 heterocycles. The maximum atomic E-state index is 6.19. The van der Waals surface area contributed by atoms with E-state index >= 15 is 0 Å². The molecule has 0 amide bonds. The third-order valence-corrected chi connectivity index (χ3v) is 4.48. The first-order valence-electron chi connectivity index (χ1n) is 7.62. The van der Waals surface area contributed by atoms with Crippen LogP contribution in [0.4, 0.5) is 5.82 Å². The maximum absolute atomic E-state index is 6.19. The van der Waals surface area contributed by atoms with Gasteiger partial charge in [0.05, 0.1) is 0 Å². The molecule has 1 aliphatic rings. The zero-order valence-electron chi connectivity index (χ0n) is 12.3. The molecule has 1 aromatic carbocycles. The molecule has 1 N–H and O–H groups in total. The molecular weight excluding hydrogens is 296 g/mol. The first-order valence-corrected chi connectivity index (χ1v) is 8.00. The number of halogens is 1. The van der Waals surface area contributed by atoms with Crippen LogP contribution in [0, 0.1) is 0 Å². The average molecular weight is 313 g/mol. The Labute approximate surface area is 133 Å². The highest BCUT2D eigenvalue weighted by molar-refractivity contribution is 6.29. The lowest BCUT2D eigenvalue weighted by atomic mass is 10.1. The molecule has 0 atom stereocenters. The molecule has 5 heteroatoms. The molecular formula is C17H17ClN4. The summed E-state index contributed by atoms with van der Waals surface area (Å²) >= 11 is 6.19. The molecule has 0 aliphatic carbocycles. The van der Waals surface area contributed by atoms with Crippen LogP contribution >= 0.6 is 11.6 Å². The van der Waals surface area contributed by atoms with E-state index in [4.69, 9.17) is 11.6 Å². The predicted molar refractivity (Wildman–Crippen MR) is 92.6 cm³/mol. The second kappa shape index (κ2) is 5.29. The minimum absolute atomic E-state index is 0.304. The van der Waals surface area contributed by atoms with E-state index in [1.807, 2.05) is 12.1 Å². The molecule has 0 spiro atoms. The van der Waals surface area contributed by atoms with Crippen molar-refractivity contribution in [2.45, 2.75) is 19.3 Å². The summed E-state index contributed by atoms with van der Waals surface area (Å²) < 4.78 is 0. The number of aromatic nitrogens is 3. The smallest absolute Gasteiger partial charge is 0.225 e. The largest absolute Gasteiger partial charge is 0.355 e. The highest BCUT2D eigenvalue weighted by atomic mass is 35.5. The van der Waals surface area contributed by atoms with Crippen molar-refractivity contribution in [3.63, 3.8) is 0 Å². The lowest BCUT2D eigenvalue weighted by Gasteiger charge is -2.27. The molecule has 3 aromatic rings. The van der Waals surface area contributed by atoms with Crippen molar-refractivity contribution in [2.75, 3.05) is 18.0 Å². The van der Waals surface area contributed by atoms with Gasteiger partial charge in [-0.15, -0.1) is 0 Å². The number of hydrogen-bond donors (Lipinski definition) is 1. The number of anilines is 1. The zero-order chi connectivity index (χ0) is 15.1. The maximum Gasteiger partial charge on any atom is 0.225 e. The van der Waals surface area contributed by atoms with Gasteiger partial charge in [-0.05, 0) is 48.6 Å². The van der Waals surface area contributed by atoms with Crippen LogP contribution in [0.5, 0.6) is 0 Å². The highest BCUT2D eigenvalue weighted by Crippen LogP contribution is 2.32. The highest BCUT2D eigenvalue weighted by Gasteiger charge is 2.19. The number of H-pyrrole nitrogens is 1. The van der Waals surface area contributed by atoms with Crippen LogP contribution in [-0.4, -0.2) is 28.0 Å². The van der Waals surface area contributed by atoms with E-state index < -0.39 is 0 Å². The number of benzene rings is 1. The molecule has 22 heavy (non-hydrogen) atoms. The van der Waals surface area contributed by atoms with Crippen LogP contribution in [-0.2, 0) is 0 Å². The molecule has 1 aliphatic heterocycles. The van der Waals surface area contributed by atoms with Gasteiger partial charge < -0.3 is 9.88 Å². The summed E-state index contributed by atoms with van der Waals surface area (Å²) in [4.78, 5) is 14.7. The number of aromatic amines is 1. The molecule has 4 rings (SSSR count). The fraction of sp³-hybridized carbons (Fsp3) is 0.294. The van der Waals surface area contributed by atoms with Crippen LogP contribution in [0.1, 0.15) is 24.8 Å². The summed E-state index contributed by atoms with van der Waals surface area (Å²) in [6.45, 7) is 5.88. The van der Waals surface area contributed by atoms with Gasteiger partial charge in [-0.3, -0.25) is 0 Å². The average Bonchev–Trinajstić information content (AvgIpc) is 2.92. The second-order valence-electron chi connectivity index (χ2n) is 5.72. The third kappa shape index (κ3) is 2.15. The molecule has 0 radical (unpaired) electrons. The number of nitrogens with one attached hydrogen (secondary N) is 1. The molecule has 0 unspecified atom stereocenters. The Bertz CT molecular complexity index is 862. The van der Waals surface area contributed by atoms with Crippen LogP contribution in [0.25, 0.3) is 28.0 Å². The lowest BCUT2D eigenvalue weighted by Crippen LogP contribution is -2.30. The van der Waals surface area contributed by atoms with Gasteiger partial charge in [-0.1, -0.05) is 18.7 Å². The van der Waals surface area contributed by atoms with Crippen molar-refractivity contribution < 1.29 is 0 Å². The normalized spacial score (nSPS) is 15.6. The minimum Gasteiger partial charge on any atom is -0.355 e. The van der Waals surface area contributed by atoms with Gasteiger partial charge in [0.15, 0.2) is 5.82 Å². The van der Waals surface area contributed by atoms with E-state index in [0.29, 0.717) is 5.28 Å². The SMILES string of the molecule is C=Cc1ccc2[nH]c3c(N4CCCCC4)nc(Cl)nc3c2c1. The Kier molecular flexibility index (Phi) is 3.26. The van der Waals surface area contributed by atoms with Gasteiger partial charge in [0, 0.05) is 24.0 Å². The fourth-order valence-corrected chi connectivity index (χ4v) is 3.36. The minimum atomic E-state index is 0.304. The molecule has 112 valence electrons. The van der Waals surface area contributed by atoms with Crippen molar-refractivity contribution in [2.24, 2.45) is 0 Å². The Hall–Kier alpha value is -2.07. The molecule has 1 fully saturated rings. The lowest BCUT2D eigenvalue weighted by molar-refractivity contribution is 0.574. The topological polar surface area (TPSA) is 44.8 Å². The second-order valence-corrected chi connectivity index (χ2v) is 6.06. The monoisotopic (exact) mass is 312 g/mol. The first-order chi connectivity index (χ1) is 10.8. The quantitative estimate of drug-likeness (QED) is 0.713. The number of hydrogen-bond acceptors (Lipinski definition) is 3. The van der Waals surface area contributed by atoms with E-state index in [2.05, 4.69) is 38.6 Å². The number of rotatable bonds is 2. The summed E-state index contributed by atoms with van der Waals surface area (Å²) in [5.41, 5.74) is 3.99. The summed E-state index contributed by atoms with van der Waals surface area (Å²) in [7, 11) is 0. The van der Waals surface area contributed by atoms with Gasteiger partial charge in [0.2, 0.25) is 5.28 Å². The molecule has 4 nitrogen and oxygen atoms in total. The summed E-state index contributed by atoms with van der Waals surface area (Å²) in [5.74, 6) is 0.922. The Morgan fingerprint density at radius 3 is 2.77 bits per heavy atom. The van der Waals surface area contributed by atoms with Crippen molar-refractivity contribution in [1.82, 2.24) is 15.0 Å². The van der Waals surface area contributed by atoms with Crippen molar-refractivity contribution in [3.05, 3.63) is 35.6 Å². The molecule has 2 aromatic heterocycles. The fourth-order valence-electron chi connectivity index (χ4n) is 3.20. The molecule has 1 saturated heterocycles. The summed E-state index contributed by atoms with van der Waals surface area (Å²) in [5, 5.41) is 1.37. The van der Waals surface area contributed by atoms with E-state index in [1.165, 1.54) is 19.3 Å².